The zero-order chi connectivity index (χ0) is 25.5. The maximum atomic E-state index is 15.1. The summed E-state index contributed by atoms with van der Waals surface area (Å²) < 4.78 is 15.1. The topological polar surface area (TPSA) is 59.9 Å². The molecule has 0 radical (unpaired) electrons. The van der Waals surface area contributed by atoms with Crippen LogP contribution in [0.5, 0.6) is 0 Å². The Hall–Kier alpha value is -3.20. The van der Waals surface area contributed by atoms with Gasteiger partial charge in [0.15, 0.2) is 0 Å². The summed E-state index contributed by atoms with van der Waals surface area (Å²) in [6.45, 7) is 8.31. The van der Waals surface area contributed by atoms with Crippen LogP contribution in [0.4, 0.5) is 27.5 Å². The molecule has 1 fully saturated rings. The van der Waals surface area contributed by atoms with Crippen molar-refractivity contribution in [2.24, 2.45) is 4.99 Å². The van der Waals surface area contributed by atoms with Gasteiger partial charge in [-0.15, -0.1) is 0 Å². The Morgan fingerprint density at radius 3 is 2.62 bits per heavy atom. The lowest BCUT2D eigenvalue weighted by Crippen LogP contribution is -2.46. The van der Waals surface area contributed by atoms with E-state index in [0.717, 1.165) is 66.8 Å². The Balaban J connectivity index is 1.26. The Morgan fingerprint density at radius 2 is 1.86 bits per heavy atom. The minimum atomic E-state index is -0.334. The molecule has 1 aromatic heterocycles. The number of aliphatic imine (C=N–C) groups is 1. The van der Waals surface area contributed by atoms with Crippen molar-refractivity contribution in [2.45, 2.75) is 6.92 Å². The van der Waals surface area contributed by atoms with Crippen LogP contribution in [0, 0.1) is 5.82 Å². The van der Waals surface area contributed by atoms with E-state index < -0.39 is 0 Å². The quantitative estimate of drug-likeness (QED) is 0.458. The summed E-state index contributed by atoms with van der Waals surface area (Å²) in [7, 11) is 0. The van der Waals surface area contributed by atoms with E-state index in [1.54, 1.807) is 24.4 Å². The van der Waals surface area contributed by atoms with E-state index in [-0.39, 0.29) is 5.82 Å². The summed E-state index contributed by atoms with van der Waals surface area (Å²) in [5.41, 5.74) is 3.82. The second-order valence-electron chi connectivity index (χ2n) is 9.22. The van der Waals surface area contributed by atoms with Crippen LogP contribution in [0.25, 0.3) is 11.6 Å². The van der Waals surface area contributed by atoms with Crippen LogP contribution in [-0.4, -0.2) is 66.5 Å². The van der Waals surface area contributed by atoms with Gasteiger partial charge in [0, 0.05) is 66.3 Å². The number of hydrogen-bond donors (Lipinski definition) is 1. The van der Waals surface area contributed by atoms with E-state index in [9.17, 15) is 0 Å². The van der Waals surface area contributed by atoms with Crippen LogP contribution >= 0.6 is 23.2 Å². The second kappa shape index (κ2) is 9.93. The lowest BCUT2D eigenvalue weighted by Gasteiger charge is -2.35. The molecule has 0 bridgehead atoms. The smallest absolute Gasteiger partial charge is 0.229 e. The van der Waals surface area contributed by atoms with Gasteiger partial charge in [0.05, 0.1) is 17.3 Å². The fourth-order valence-electron chi connectivity index (χ4n) is 5.02. The van der Waals surface area contributed by atoms with Gasteiger partial charge >= 0.3 is 0 Å². The molecule has 2 aromatic carbocycles. The van der Waals surface area contributed by atoms with Crippen molar-refractivity contribution in [3.8, 4) is 0 Å². The van der Waals surface area contributed by atoms with Crippen LogP contribution in [0.15, 0.2) is 47.6 Å². The van der Waals surface area contributed by atoms with Gasteiger partial charge in [-0.05, 0) is 43.0 Å². The molecule has 4 heterocycles. The number of nitrogens with one attached hydrogen (secondary N) is 1. The fourth-order valence-corrected chi connectivity index (χ4v) is 5.53. The minimum Gasteiger partial charge on any atom is -0.369 e. The van der Waals surface area contributed by atoms with Crippen molar-refractivity contribution in [1.82, 2.24) is 14.9 Å². The monoisotopic (exact) mass is 537 g/mol. The van der Waals surface area contributed by atoms with E-state index in [1.807, 2.05) is 24.3 Å². The van der Waals surface area contributed by atoms with E-state index in [0.29, 0.717) is 34.8 Å². The highest BCUT2D eigenvalue weighted by Crippen LogP contribution is 2.38. The van der Waals surface area contributed by atoms with Crippen molar-refractivity contribution in [3.63, 3.8) is 0 Å². The first-order valence-electron chi connectivity index (χ1n) is 12.4. The van der Waals surface area contributed by atoms with E-state index in [4.69, 9.17) is 33.2 Å². The van der Waals surface area contributed by atoms with Gasteiger partial charge in [-0.1, -0.05) is 36.2 Å². The third kappa shape index (κ3) is 4.65. The molecule has 3 aliphatic heterocycles. The third-order valence-electron chi connectivity index (χ3n) is 7.04. The lowest BCUT2D eigenvalue weighted by molar-refractivity contribution is 0.271. The number of fused-ring (bicyclic) bond motifs is 3. The number of aromatic nitrogens is 2. The summed E-state index contributed by atoms with van der Waals surface area (Å²) in [4.78, 5) is 20.6. The number of amidine groups is 1. The summed E-state index contributed by atoms with van der Waals surface area (Å²) in [5.74, 6) is 1.53. The number of piperazine rings is 1. The normalized spacial score (nSPS) is 17.3. The fraction of sp³-hybridized carbons (Fsp3) is 0.296. The molecular weight excluding hydrogens is 512 g/mol. The van der Waals surface area contributed by atoms with Crippen LogP contribution in [0.1, 0.15) is 18.1 Å². The van der Waals surface area contributed by atoms with Crippen LogP contribution in [-0.2, 0) is 0 Å². The van der Waals surface area contributed by atoms with Crippen molar-refractivity contribution in [1.29, 1.82) is 0 Å². The molecule has 1 N–H and O–H groups in total. The maximum absolute atomic E-state index is 15.1. The van der Waals surface area contributed by atoms with E-state index in [1.165, 1.54) is 0 Å². The van der Waals surface area contributed by atoms with Gasteiger partial charge in [-0.3, -0.25) is 4.99 Å². The first-order chi connectivity index (χ1) is 18.0. The molecule has 10 heteroatoms. The number of hydrogen-bond acceptors (Lipinski definition) is 7. The zero-order valence-corrected chi connectivity index (χ0v) is 21.9. The van der Waals surface area contributed by atoms with Crippen molar-refractivity contribution in [3.05, 3.63) is 69.6 Å². The molecule has 1 saturated heterocycles. The molecule has 0 amide bonds. The predicted octanol–water partition coefficient (Wildman–Crippen LogP) is 5.58. The summed E-state index contributed by atoms with van der Waals surface area (Å²) in [6, 6.07) is 10.7. The number of benzene rings is 2. The number of anilines is 4. The number of rotatable bonds is 5. The SMILES string of the molecule is CCN1CCN(c2ccc(Nc3ncc4c(n3)N3CCN=C3C(c3ccc(Cl)cc3Cl)=C4)c(F)c2)CC1. The molecule has 37 heavy (non-hydrogen) atoms. The lowest BCUT2D eigenvalue weighted by atomic mass is 9.98. The summed E-state index contributed by atoms with van der Waals surface area (Å²) in [5, 5.41) is 4.20. The van der Waals surface area contributed by atoms with Crippen LogP contribution in [0.2, 0.25) is 10.0 Å². The van der Waals surface area contributed by atoms with Crippen molar-refractivity contribution >= 4 is 63.8 Å². The molecule has 0 aliphatic carbocycles. The molecule has 0 atom stereocenters. The number of likely N-dealkylation sites (N-methyl/N-ethyl adjacent to an activating group) is 1. The highest BCUT2D eigenvalue weighted by Gasteiger charge is 2.31. The molecular formula is C27H26Cl2FN7. The number of halogens is 3. The summed E-state index contributed by atoms with van der Waals surface area (Å²) >= 11 is 12.6. The molecule has 3 aromatic rings. The van der Waals surface area contributed by atoms with Crippen LogP contribution < -0.4 is 15.1 Å². The first-order valence-corrected chi connectivity index (χ1v) is 13.2. The molecule has 0 saturated carbocycles. The molecule has 0 unspecified atom stereocenters. The van der Waals surface area contributed by atoms with Crippen molar-refractivity contribution in [2.75, 3.05) is 60.9 Å². The highest BCUT2D eigenvalue weighted by molar-refractivity contribution is 6.41. The zero-order valence-electron chi connectivity index (χ0n) is 20.4. The number of nitrogens with zero attached hydrogens (tertiary/aromatic N) is 6. The highest BCUT2D eigenvalue weighted by atomic mass is 35.5. The van der Waals surface area contributed by atoms with E-state index >= 15 is 4.39 Å². The van der Waals surface area contributed by atoms with Gasteiger partial charge in [0.2, 0.25) is 5.95 Å². The standard InChI is InChI=1S/C27H26Cl2FN7/c1-2-35-9-11-36(12-10-35)19-4-6-24(23(30)15-19)33-27-32-16-17-13-21(20-5-3-18(28)14-22(20)29)26-31-7-8-37(26)25(17)34-27/h3-6,13-16H,2,7-12H2,1H3,(H,32,33,34). The third-order valence-corrected chi connectivity index (χ3v) is 7.59. The molecule has 3 aliphatic rings. The average molecular weight is 538 g/mol. The Morgan fingerprint density at radius 1 is 1.03 bits per heavy atom. The second-order valence-corrected chi connectivity index (χ2v) is 10.1. The van der Waals surface area contributed by atoms with Gasteiger partial charge < -0.3 is 20.0 Å². The van der Waals surface area contributed by atoms with Gasteiger partial charge in [-0.2, -0.15) is 4.98 Å². The summed E-state index contributed by atoms with van der Waals surface area (Å²) in [6.07, 6.45) is 3.73. The Bertz CT molecular complexity index is 1420. The first kappa shape index (κ1) is 24.2. The molecule has 6 rings (SSSR count). The average Bonchev–Trinajstić information content (AvgIpc) is 3.40. The van der Waals surface area contributed by atoms with Crippen LogP contribution in [0.3, 0.4) is 0 Å². The predicted molar refractivity (Wildman–Crippen MR) is 150 cm³/mol. The van der Waals surface area contributed by atoms with Crippen molar-refractivity contribution < 1.29 is 4.39 Å². The minimum absolute atomic E-state index is 0.328. The van der Waals surface area contributed by atoms with Gasteiger partial charge in [0.1, 0.15) is 17.5 Å². The molecule has 190 valence electrons. The Labute approximate surface area is 225 Å². The largest absolute Gasteiger partial charge is 0.369 e. The maximum Gasteiger partial charge on any atom is 0.229 e. The van der Waals surface area contributed by atoms with E-state index in [2.05, 4.69) is 31.9 Å². The van der Waals surface area contributed by atoms with Gasteiger partial charge in [-0.25, -0.2) is 9.37 Å². The Kier molecular flexibility index (Phi) is 6.48. The van der Waals surface area contributed by atoms with Gasteiger partial charge in [0.25, 0.3) is 0 Å². The molecule has 7 nitrogen and oxygen atoms in total. The molecule has 0 spiro atoms.